The van der Waals surface area contributed by atoms with Crippen LogP contribution in [0.4, 0.5) is 5.69 Å². The molecule has 30 heavy (non-hydrogen) atoms. The van der Waals surface area contributed by atoms with E-state index >= 15 is 0 Å². The number of carbonyl (C=O) groups is 1. The van der Waals surface area contributed by atoms with Crippen LogP contribution in [0, 0.1) is 6.92 Å². The Kier molecular flexibility index (Phi) is 6.51. The smallest absolute Gasteiger partial charge is 0.274 e. The minimum Gasteiger partial charge on any atom is -0.372 e. The molecule has 7 nitrogen and oxygen atoms in total. The van der Waals surface area contributed by atoms with E-state index in [9.17, 15) is 9.59 Å². The van der Waals surface area contributed by atoms with Crippen LogP contribution in [0.15, 0.2) is 64.5 Å². The second kappa shape index (κ2) is 9.26. The predicted molar refractivity (Wildman–Crippen MR) is 121 cm³/mol. The van der Waals surface area contributed by atoms with Gasteiger partial charge in [0.05, 0.1) is 17.6 Å². The molecule has 7 heteroatoms. The van der Waals surface area contributed by atoms with Gasteiger partial charge in [0.25, 0.3) is 11.5 Å². The Morgan fingerprint density at radius 2 is 1.70 bits per heavy atom. The average Bonchev–Trinajstić information content (AvgIpc) is 2.98. The third-order valence-corrected chi connectivity index (χ3v) is 5.16. The normalized spacial score (nSPS) is 11.1. The maximum Gasteiger partial charge on any atom is 0.274 e. The second-order valence-corrected chi connectivity index (χ2v) is 6.90. The summed E-state index contributed by atoms with van der Waals surface area (Å²) in [5.74, 6) is -0.303. The number of rotatable bonds is 7. The van der Waals surface area contributed by atoms with Crippen molar-refractivity contribution in [2.24, 2.45) is 12.1 Å². The van der Waals surface area contributed by atoms with Crippen LogP contribution >= 0.6 is 0 Å². The van der Waals surface area contributed by atoms with E-state index in [1.165, 1.54) is 6.21 Å². The number of para-hydroxylation sites is 1. The summed E-state index contributed by atoms with van der Waals surface area (Å²) in [4.78, 5) is 27.3. The summed E-state index contributed by atoms with van der Waals surface area (Å²) in [6, 6.07) is 16.8. The Hall–Kier alpha value is -3.61. The largest absolute Gasteiger partial charge is 0.372 e. The van der Waals surface area contributed by atoms with Gasteiger partial charge in [0, 0.05) is 37.0 Å². The van der Waals surface area contributed by atoms with Gasteiger partial charge in [-0.05, 0) is 57.2 Å². The Labute approximate surface area is 176 Å². The van der Waals surface area contributed by atoms with Gasteiger partial charge in [-0.2, -0.15) is 5.10 Å². The number of benzene rings is 2. The van der Waals surface area contributed by atoms with E-state index in [1.54, 1.807) is 35.5 Å². The molecule has 0 atom stereocenters. The molecule has 0 unspecified atom stereocenters. The van der Waals surface area contributed by atoms with Gasteiger partial charge in [0.1, 0.15) is 0 Å². The summed E-state index contributed by atoms with van der Waals surface area (Å²) < 4.78 is 3.30. The summed E-state index contributed by atoms with van der Waals surface area (Å²) >= 11 is 0. The fraction of sp³-hybridized carbons (Fsp3) is 0.261. The van der Waals surface area contributed by atoms with Crippen LogP contribution in [0.5, 0.6) is 0 Å². The van der Waals surface area contributed by atoms with Crippen molar-refractivity contribution in [2.45, 2.75) is 20.8 Å². The first-order valence-electron chi connectivity index (χ1n) is 10.00. The number of amides is 1. The molecule has 1 aromatic heterocycles. The Bertz CT molecular complexity index is 1090. The zero-order chi connectivity index (χ0) is 21.7. The molecule has 0 aliphatic carbocycles. The SMILES string of the molecule is CCN(CC)c1ccc(C(=O)N/N=C\c2c(C)c(=O)n(-c3ccccc3)n2C)cc1. The first kappa shape index (κ1) is 21.1. The molecule has 0 saturated heterocycles. The lowest BCUT2D eigenvalue weighted by molar-refractivity contribution is 0.0955. The highest BCUT2D eigenvalue weighted by Gasteiger charge is 2.14. The van der Waals surface area contributed by atoms with E-state index in [4.69, 9.17) is 0 Å². The number of hydrogen-bond donors (Lipinski definition) is 1. The van der Waals surface area contributed by atoms with Crippen molar-refractivity contribution in [3.05, 3.63) is 81.8 Å². The molecule has 156 valence electrons. The lowest BCUT2D eigenvalue weighted by Crippen LogP contribution is -2.22. The highest BCUT2D eigenvalue weighted by atomic mass is 16.2. The van der Waals surface area contributed by atoms with Crippen LogP contribution in [-0.2, 0) is 7.05 Å². The van der Waals surface area contributed by atoms with Crippen molar-refractivity contribution in [3.63, 3.8) is 0 Å². The molecule has 0 spiro atoms. The van der Waals surface area contributed by atoms with Crippen molar-refractivity contribution in [2.75, 3.05) is 18.0 Å². The minimum atomic E-state index is -0.303. The van der Waals surface area contributed by atoms with Gasteiger partial charge in [-0.25, -0.2) is 10.1 Å². The van der Waals surface area contributed by atoms with Crippen LogP contribution in [0.25, 0.3) is 5.69 Å². The monoisotopic (exact) mass is 405 g/mol. The van der Waals surface area contributed by atoms with Crippen molar-refractivity contribution in [1.29, 1.82) is 0 Å². The lowest BCUT2D eigenvalue weighted by Gasteiger charge is -2.20. The molecule has 2 aromatic carbocycles. The molecule has 1 amide bonds. The Morgan fingerprint density at radius 3 is 2.30 bits per heavy atom. The third-order valence-electron chi connectivity index (χ3n) is 5.16. The van der Waals surface area contributed by atoms with Gasteiger partial charge in [-0.3, -0.25) is 14.3 Å². The quantitative estimate of drug-likeness (QED) is 0.485. The molecule has 0 bridgehead atoms. The minimum absolute atomic E-state index is 0.122. The van der Waals surface area contributed by atoms with Gasteiger partial charge in [0.2, 0.25) is 0 Å². The summed E-state index contributed by atoms with van der Waals surface area (Å²) in [7, 11) is 1.79. The van der Waals surface area contributed by atoms with Gasteiger partial charge in [-0.15, -0.1) is 0 Å². The Balaban J connectivity index is 1.76. The van der Waals surface area contributed by atoms with Crippen LogP contribution < -0.4 is 15.9 Å². The standard InChI is InChI=1S/C23H27N5O2/c1-5-27(6-2)19-14-12-18(13-15-19)22(29)25-24-16-21-17(3)23(30)28(26(21)4)20-10-8-7-9-11-20/h7-16H,5-6H2,1-4H3,(H,25,29)/b24-16-. The van der Waals surface area contributed by atoms with Crippen molar-refractivity contribution in [3.8, 4) is 5.69 Å². The van der Waals surface area contributed by atoms with E-state index in [0.29, 0.717) is 16.8 Å². The molecular formula is C23H27N5O2. The first-order chi connectivity index (χ1) is 14.5. The topological polar surface area (TPSA) is 71.6 Å². The summed E-state index contributed by atoms with van der Waals surface area (Å²) in [5, 5.41) is 4.07. The number of nitrogens with one attached hydrogen (secondary N) is 1. The van der Waals surface area contributed by atoms with E-state index in [0.717, 1.165) is 24.5 Å². The fourth-order valence-corrected chi connectivity index (χ4v) is 3.42. The number of aromatic nitrogens is 2. The summed E-state index contributed by atoms with van der Waals surface area (Å²) in [6.07, 6.45) is 1.50. The second-order valence-electron chi connectivity index (χ2n) is 6.90. The van der Waals surface area contributed by atoms with E-state index < -0.39 is 0 Å². The lowest BCUT2D eigenvalue weighted by atomic mass is 10.2. The molecule has 0 aliphatic rings. The number of hydrazone groups is 1. The zero-order valence-electron chi connectivity index (χ0n) is 17.8. The van der Waals surface area contributed by atoms with Crippen molar-refractivity contribution in [1.82, 2.24) is 14.8 Å². The molecule has 1 heterocycles. The predicted octanol–water partition coefficient (Wildman–Crippen LogP) is 3.09. The van der Waals surface area contributed by atoms with Crippen LogP contribution in [0.1, 0.15) is 35.5 Å². The number of anilines is 1. The highest BCUT2D eigenvalue weighted by Crippen LogP contribution is 2.15. The number of nitrogens with zero attached hydrogens (tertiary/aromatic N) is 4. The van der Waals surface area contributed by atoms with E-state index in [1.807, 2.05) is 42.5 Å². The van der Waals surface area contributed by atoms with Gasteiger partial charge in [-0.1, -0.05) is 18.2 Å². The number of carbonyl (C=O) groups excluding carboxylic acids is 1. The van der Waals surface area contributed by atoms with Crippen molar-refractivity contribution < 1.29 is 4.79 Å². The molecule has 1 N–H and O–H groups in total. The van der Waals surface area contributed by atoms with Crippen LogP contribution in [0.2, 0.25) is 0 Å². The molecule has 0 fully saturated rings. The van der Waals surface area contributed by atoms with E-state index in [2.05, 4.69) is 29.3 Å². The Morgan fingerprint density at radius 1 is 1.07 bits per heavy atom. The molecule has 0 radical (unpaired) electrons. The molecule has 0 saturated carbocycles. The maximum absolute atomic E-state index is 12.7. The average molecular weight is 406 g/mol. The van der Waals surface area contributed by atoms with Crippen LogP contribution in [0.3, 0.4) is 0 Å². The van der Waals surface area contributed by atoms with Crippen LogP contribution in [-0.4, -0.2) is 34.6 Å². The molecular weight excluding hydrogens is 378 g/mol. The number of hydrogen-bond acceptors (Lipinski definition) is 4. The first-order valence-corrected chi connectivity index (χ1v) is 10.00. The van der Waals surface area contributed by atoms with Gasteiger partial charge >= 0.3 is 0 Å². The summed E-state index contributed by atoms with van der Waals surface area (Å²) in [6.45, 7) is 7.76. The molecule has 3 rings (SSSR count). The third kappa shape index (κ3) is 4.20. The fourth-order valence-electron chi connectivity index (χ4n) is 3.42. The van der Waals surface area contributed by atoms with Gasteiger partial charge in [0.15, 0.2) is 0 Å². The highest BCUT2D eigenvalue weighted by molar-refractivity contribution is 5.95. The molecule has 3 aromatic rings. The van der Waals surface area contributed by atoms with E-state index in [-0.39, 0.29) is 11.5 Å². The zero-order valence-corrected chi connectivity index (χ0v) is 17.8. The van der Waals surface area contributed by atoms with Gasteiger partial charge < -0.3 is 4.90 Å². The maximum atomic E-state index is 12.7. The molecule has 0 aliphatic heterocycles. The summed E-state index contributed by atoms with van der Waals surface area (Å²) in [5.41, 5.74) is 5.97. The van der Waals surface area contributed by atoms with Crippen molar-refractivity contribution >= 4 is 17.8 Å².